The number of rotatable bonds is 7. The highest BCUT2D eigenvalue weighted by molar-refractivity contribution is 9.10. The number of pyridine rings is 4. The minimum atomic E-state index is 0.822. The summed E-state index contributed by atoms with van der Waals surface area (Å²) in [5.74, 6) is 1.65. The largest absolute Gasteiger partial charge is 0.399 e. The van der Waals surface area contributed by atoms with Gasteiger partial charge >= 0.3 is 0 Å². The number of anilines is 4. The Balaban J connectivity index is 0.000000151. The lowest BCUT2D eigenvalue weighted by Gasteiger charge is -2.24. The predicted molar refractivity (Wildman–Crippen MR) is 265 cm³/mol. The van der Waals surface area contributed by atoms with Crippen LogP contribution in [0.15, 0.2) is 266 Å². The molecule has 63 heavy (non-hydrogen) atoms. The van der Waals surface area contributed by atoms with Gasteiger partial charge in [-0.25, -0.2) is 15.0 Å². The zero-order valence-electron chi connectivity index (χ0n) is 34.5. The van der Waals surface area contributed by atoms with E-state index in [1.807, 2.05) is 200 Å². The van der Waals surface area contributed by atoms with E-state index in [0.29, 0.717) is 0 Å². The van der Waals surface area contributed by atoms with Crippen LogP contribution in [0.2, 0.25) is 0 Å². The zero-order chi connectivity index (χ0) is 43.3. The van der Waals surface area contributed by atoms with E-state index in [-0.39, 0.29) is 0 Å². The fourth-order valence-corrected chi connectivity index (χ4v) is 6.71. The SMILES string of the molecule is Brc1cccc(-c2ccccc2)n1.Nc1ccccc1.c1ccc(-c2cccc(N(c3ccccc3)c3cccc(-c4ccccc4)n3)n2)cc1.c1ccc(-c2ccccn2)cc1. The summed E-state index contributed by atoms with van der Waals surface area (Å²) in [5.41, 5.74) is 15.6. The monoisotopic (exact) mass is 880 g/mol. The summed E-state index contributed by atoms with van der Waals surface area (Å²) in [6, 6.07) is 84.5. The molecule has 306 valence electrons. The van der Waals surface area contributed by atoms with Crippen LogP contribution in [-0.4, -0.2) is 19.9 Å². The molecular weight excluding hydrogens is 837 g/mol. The quantitative estimate of drug-likeness (QED) is 0.127. The molecule has 0 amide bonds. The maximum absolute atomic E-state index is 5.36. The van der Waals surface area contributed by atoms with Crippen LogP contribution in [-0.2, 0) is 0 Å². The number of benzene rings is 6. The minimum absolute atomic E-state index is 0.822. The van der Waals surface area contributed by atoms with Crippen molar-refractivity contribution >= 4 is 38.9 Å². The smallest absolute Gasteiger partial charge is 0.139 e. The van der Waals surface area contributed by atoms with E-state index in [0.717, 1.165) is 72.6 Å². The van der Waals surface area contributed by atoms with Gasteiger partial charge in [0.15, 0.2) is 0 Å². The molecule has 6 aromatic carbocycles. The van der Waals surface area contributed by atoms with E-state index >= 15 is 0 Å². The molecular formula is C56H45BrN6. The van der Waals surface area contributed by atoms with Crippen LogP contribution in [0.4, 0.5) is 23.0 Å². The van der Waals surface area contributed by atoms with Crippen LogP contribution in [0.3, 0.4) is 0 Å². The Morgan fingerprint density at radius 3 is 1.05 bits per heavy atom. The first kappa shape index (κ1) is 43.1. The number of nitrogen functional groups attached to an aromatic ring is 1. The van der Waals surface area contributed by atoms with Crippen molar-refractivity contribution in [2.24, 2.45) is 0 Å². The van der Waals surface area contributed by atoms with Crippen LogP contribution in [0.1, 0.15) is 0 Å². The second-order valence-electron chi connectivity index (χ2n) is 13.9. The summed E-state index contributed by atoms with van der Waals surface area (Å²) < 4.78 is 0.869. The van der Waals surface area contributed by atoms with E-state index < -0.39 is 0 Å². The molecule has 0 spiro atoms. The van der Waals surface area contributed by atoms with Crippen molar-refractivity contribution in [2.45, 2.75) is 0 Å². The van der Waals surface area contributed by atoms with Crippen molar-refractivity contribution in [1.82, 2.24) is 19.9 Å². The lowest BCUT2D eigenvalue weighted by atomic mass is 10.1. The van der Waals surface area contributed by atoms with Crippen LogP contribution >= 0.6 is 15.9 Å². The number of nitrogens with zero attached hydrogens (tertiary/aromatic N) is 5. The highest BCUT2D eigenvalue weighted by Gasteiger charge is 2.16. The molecule has 10 rings (SSSR count). The minimum Gasteiger partial charge on any atom is -0.399 e. The molecule has 0 saturated heterocycles. The molecule has 0 aliphatic carbocycles. The van der Waals surface area contributed by atoms with Crippen molar-refractivity contribution in [2.75, 3.05) is 10.6 Å². The van der Waals surface area contributed by atoms with Crippen molar-refractivity contribution in [3.63, 3.8) is 0 Å². The Hall–Kier alpha value is -8.00. The Kier molecular flexibility index (Phi) is 15.8. The summed E-state index contributed by atoms with van der Waals surface area (Å²) in [4.78, 5) is 20.7. The normalized spacial score (nSPS) is 10.0. The molecule has 7 heteroatoms. The standard InChI is InChI=1S/C28H21N3.C11H8BrN.C11H9N.C6H7N/c1-4-12-22(13-5-1)25-18-10-20-27(29-25)31(24-16-8-3-9-17-24)28-21-11-19-26(30-28)23-14-6-2-7-15-23;12-11-8-4-7-10(13-11)9-5-2-1-3-6-9;1-2-6-10(7-3-1)11-8-4-5-9-12-11;7-6-4-2-1-3-5-6/h1-21H;1-8H;1-9H;1-5H,7H2. The molecule has 0 saturated carbocycles. The second kappa shape index (κ2) is 23.1. The molecule has 0 aliphatic heterocycles. The third-order valence-electron chi connectivity index (χ3n) is 9.40. The van der Waals surface area contributed by atoms with Crippen LogP contribution in [0, 0.1) is 0 Å². The molecule has 0 aliphatic rings. The van der Waals surface area contributed by atoms with Crippen molar-refractivity contribution in [3.05, 3.63) is 266 Å². The van der Waals surface area contributed by atoms with Gasteiger partial charge < -0.3 is 5.73 Å². The Bertz CT molecular complexity index is 2720. The number of aromatic nitrogens is 4. The highest BCUT2D eigenvalue weighted by atomic mass is 79.9. The first-order valence-electron chi connectivity index (χ1n) is 20.5. The topological polar surface area (TPSA) is 80.8 Å². The average Bonchev–Trinajstić information content (AvgIpc) is 3.37. The number of nitrogens with two attached hydrogens (primary N) is 1. The van der Waals surface area contributed by atoms with Crippen molar-refractivity contribution < 1.29 is 0 Å². The van der Waals surface area contributed by atoms with E-state index in [9.17, 15) is 0 Å². The van der Waals surface area contributed by atoms with Crippen LogP contribution < -0.4 is 10.6 Å². The summed E-state index contributed by atoms with van der Waals surface area (Å²) in [6.07, 6.45) is 1.81. The van der Waals surface area contributed by atoms with Crippen molar-refractivity contribution in [3.8, 4) is 45.0 Å². The van der Waals surface area contributed by atoms with Gasteiger partial charge in [0.25, 0.3) is 0 Å². The molecule has 6 nitrogen and oxygen atoms in total. The fourth-order valence-electron chi connectivity index (χ4n) is 6.37. The molecule has 10 aromatic rings. The molecule has 0 bridgehead atoms. The van der Waals surface area contributed by atoms with E-state index in [2.05, 4.69) is 91.5 Å². The van der Waals surface area contributed by atoms with Gasteiger partial charge in [-0.05, 0) is 88.7 Å². The Morgan fingerprint density at radius 2 is 0.667 bits per heavy atom. The van der Waals surface area contributed by atoms with E-state index in [1.165, 1.54) is 0 Å². The molecule has 4 aromatic heterocycles. The van der Waals surface area contributed by atoms with Gasteiger partial charge in [0.1, 0.15) is 16.2 Å². The molecule has 4 heterocycles. The average molecular weight is 882 g/mol. The maximum Gasteiger partial charge on any atom is 0.139 e. The molecule has 0 atom stereocenters. The third kappa shape index (κ3) is 13.0. The van der Waals surface area contributed by atoms with E-state index in [4.69, 9.17) is 15.7 Å². The Morgan fingerprint density at radius 1 is 0.317 bits per heavy atom. The van der Waals surface area contributed by atoms with E-state index in [1.54, 1.807) is 0 Å². The number of hydrogen-bond acceptors (Lipinski definition) is 6. The van der Waals surface area contributed by atoms with Gasteiger partial charge in [0.2, 0.25) is 0 Å². The highest BCUT2D eigenvalue weighted by Crippen LogP contribution is 2.34. The number of para-hydroxylation sites is 2. The predicted octanol–water partition coefficient (Wildman–Crippen LogP) is 14.8. The zero-order valence-corrected chi connectivity index (χ0v) is 36.1. The first-order valence-corrected chi connectivity index (χ1v) is 21.2. The number of hydrogen-bond donors (Lipinski definition) is 1. The lowest BCUT2D eigenvalue weighted by Crippen LogP contribution is -2.13. The summed E-state index contributed by atoms with van der Waals surface area (Å²) in [5, 5.41) is 0. The maximum atomic E-state index is 5.36. The molecule has 0 radical (unpaired) electrons. The van der Waals surface area contributed by atoms with Gasteiger partial charge in [-0.2, -0.15) is 0 Å². The van der Waals surface area contributed by atoms with Crippen molar-refractivity contribution in [1.29, 1.82) is 0 Å². The second-order valence-corrected chi connectivity index (χ2v) is 14.7. The van der Waals surface area contributed by atoms with Gasteiger partial charge in [0.05, 0.1) is 22.8 Å². The van der Waals surface area contributed by atoms with Gasteiger partial charge in [-0.3, -0.25) is 9.88 Å². The van der Waals surface area contributed by atoms with Gasteiger partial charge in [-0.1, -0.05) is 182 Å². The third-order valence-corrected chi connectivity index (χ3v) is 9.84. The van der Waals surface area contributed by atoms with Crippen LogP contribution in [0.25, 0.3) is 45.0 Å². The first-order chi connectivity index (χ1) is 31.1. The van der Waals surface area contributed by atoms with Crippen LogP contribution in [0.5, 0.6) is 0 Å². The Labute approximate surface area is 378 Å². The summed E-state index contributed by atoms with van der Waals surface area (Å²) in [7, 11) is 0. The lowest BCUT2D eigenvalue weighted by molar-refractivity contribution is 1.13. The molecule has 0 fully saturated rings. The van der Waals surface area contributed by atoms with Gasteiger partial charge in [0, 0.05) is 39.8 Å². The van der Waals surface area contributed by atoms with Gasteiger partial charge in [-0.15, -0.1) is 0 Å². The fraction of sp³-hybridized carbons (Fsp3) is 0. The summed E-state index contributed by atoms with van der Waals surface area (Å²) in [6.45, 7) is 0. The summed E-state index contributed by atoms with van der Waals surface area (Å²) >= 11 is 3.35. The molecule has 2 N–H and O–H groups in total. The molecule has 0 unspecified atom stereocenters. The number of halogens is 1.